The maximum atomic E-state index is 13.8. The number of methoxy groups -OCH3 is 2. The molecule has 0 radical (unpaired) electrons. The van der Waals surface area contributed by atoms with Gasteiger partial charge in [0.15, 0.2) is 5.69 Å². The van der Waals surface area contributed by atoms with Crippen molar-refractivity contribution in [3.05, 3.63) is 39.0 Å². The zero-order chi connectivity index (χ0) is 26.6. The van der Waals surface area contributed by atoms with E-state index in [1.54, 1.807) is 18.2 Å². The Morgan fingerprint density at radius 2 is 1.94 bits per heavy atom. The monoisotopic (exact) mass is 501 g/mol. The molecule has 11 nitrogen and oxygen atoms in total. The van der Waals surface area contributed by atoms with Crippen molar-refractivity contribution in [2.75, 3.05) is 42.8 Å². The van der Waals surface area contributed by atoms with Crippen LogP contribution >= 0.6 is 0 Å². The van der Waals surface area contributed by atoms with Crippen LogP contribution in [0.2, 0.25) is 0 Å². The van der Waals surface area contributed by atoms with Gasteiger partial charge in [-0.3, -0.25) is 23.9 Å². The van der Waals surface area contributed by atoms with Crippen LogP contribution in [0.3, 0.4) is 0 Å². The number of amides is 2. The number of carbonyl (C=O) groups is 2. The normalized spacial score (nSPS) is 15.4. The highest BCUT2D eigenvalue weighted by Gasteiger charge is 2.39. The fraction of sp³-hybridized carbons (Fsp3) is 0.520. The van der Waals surface area contributed by atoms with Gasteiger partial charge >= 0.3 is 5.69 Å². The van der Waals surface area contributed by atoms with Crippen molar-refractivity contribution in [1.29, 1.82) is 0 Å². The molecule has 1 fully saturated rings. The first-order valence-electron chi connectivity index (χ1n) is 12.1. The lowest BCUT2D eigenvalue weighted by molar-refractivity contribution is -0.124. The molecule has 0 saturated carbocycles. The van der Waals surface area contributed by atoms with E-state index in [0.29, 0.717) is 23.6 Å². The Kier molecular flexibility index (Phi) is 8.44. The summed E-state index contributed by atoms with van der Waals surface area (Å²) < 4.78 is 11.9. The average Bonchev–Trinajstić information content (AvgIpc) is 3.23. The highest BCUT2D eigenvalue weighted by atomic mass is 16.5. The Hall–Kier alpha value is -3.76. The summed E-state index contributed by atoms with van der Waals surface area (Å²) >= 11 is 0. The van der Waals surface area contributed by atoms with Gasteiger partial charge in [0.1, 0.15) is 17.3 Å². The molecule has 2 heterocycles. The molecule has 11 heteroatoms. The number of nitrogen functional groups attached to an aromatic ring is 1. The van der Waals surface area contributed by atoms with Gasteiger partial charge in [-0.2, -0.15) is 0 Å². The van der Waals surface area contributed by atoms with Gasteiger partial charge in [-0.15, -0.1) is 0 Å². The molecule has 0 spiro atoms. The van der Waals surface area contributed by atoms with Crippen molar-refractivity contribution >= 4 is 29.0 Å². The Bertz CT molecular complexity index is 1230. The second kappa shape index (κ2) is 11.3. The molecule has 36 heavy (non-hydrogen) atoms. The maximum absolute atomic E-state index is 13.8. The summed E-state index contributed by atoms with van der Waals surface area (Å²) in [6.07, 6.45) is 1.36. The molecule has 1 saturated heterocycles. The second-order valence-corrected chi connectivity index (χ2v) is 9.28. The van der Waals surface area contributed by atoms with E-state index < -0.39 is 23.1 Å². The molecule has 1 aromatic heterocycles. The van der Waals surface area contributed by atoms with Gasteiger partial charge in [0, 0.05) is 32.1 Å². The summed E-state index contributed by atoms with van der Waals surface area (Å²) in [5.74, 6) is -0.279. The van der Waals surface area contributed by atoms with Crippen molar-refractivity contribution in [1.82, 2.24) is 9.55 Å². The molecule has 196 valence electrons. The van der Waals surface area contributed by atoms with E-state index in [1.165, 1.54) is 28.6 Å². The minimum absolute atomic E-state index is 0.0277. The highest BCUT2D eigenvalue weighted by Crippen LogP contribution is 2.36. The molecular weight excluding hydrogens is 466 g/mol. The first kappa shape index (κ1) is 26.8. The first-order chi connectivity index (χ1) is 17.1. The van der Waals surface area contributed by atoms with E-state index in [-0.39, 0.29) is 49.4 Å². The van der Waals surface area contributed by atoms with E-state index in [9.17, 15) is 19.2 Å². The number of anilines is 3. The number of unbranched alkanes of at least 4 members (excludes halogenated alkanes) is 1. The SMILES string of the molecule is CCCCN(C(=O)[C@@H]1CC(=O)N(c2ccc(OC)cc2OC)C1)c1c(N)n(CC(C)C)c(=O)[nH]c1=O. The topological polar surface area (TPSA) is 140 Å². The van der Waals surface area contributed by atoms with Crippen molar-refractivity contribution in [2.24, 2.45) is 11.8 Å². The van der Waals surface area contributed by atoms with Gasteiger partial charge in [-0.05, 0) is 24.5 Å². The van der Waals surface area contributed by atoms with Crippen molar-refractivity contribution in [3.8, 4) is 11.5 Å². The molecule has 1 aromatic carbocycles. The lowest BCUT2D eigenvalue weighted by Gasteiger charge is -2.27. The summed E-state index contributed by atoms with van der Waals surface area (Å²) in [7, 11) is 3.03. The Morgan fingerprint density at radius 1 is 1.22 bits per heavy atom. The van der Waals surface area contributed by atoms with Gasteiger partial charge in [-0.1, -0.05) is 27.2 Å². The molecule has 2 amide bonds. The summed E-state index contributed by atoms with van der Waals surface area (Å²) in [5, 5.41) is 0. The third kappa shape index (κ3) is 5.39. The number of benzene rings is 1. The molecule has 0 aliphatic carbocycles. The lowest BCUT2D eigenvalue weighted by atomic mass is 10.1. The molecule has 0 bridgehead atoms. The second-order valence-electron chi connectivity index (χ2n) is 9.28. The predicted molar refractivity (Wildman–Crippen MR) is 138 cm³/mol. The number of nitrogens with one attached hydrogen (secondary N) is 1. The van der Waals surface area contributed by atoms with Crippen LogP contribution in [-0.2, 0) is 16.1 Å². The summed E-state index contributed by atoms with van der Waals surface area (Å²) in [4.78, 5) is 57.1. The highest BCUT2D eigenvalue weighted by molar-refractivity contribution is 6.05. The number of hydrogen-bond acceptors (Lipinski definition) is 7. The fourth-order valence-corrected chi connectivity index (χ4v) is 4.37. The molecular formula is C25H35N5O6. The molecule has 3 N–H and O–H groups in total. The maximum Gasteiger partial charge on any atom is 0.330 e. The molecule has 1 atom stereocenters. The number of ether oxygens (including phenoxy) is 2. The van der Waals surface area contributed by atoms with E-state index >= 15 is 0 Å². The van der Waals surface area contributed by atoms with Crippen LogP contribution in [0, 0.1) is 11.8 Å². The van der Waals surface area contributed by atoms with Gasteiger partial charge in [0.05, 0.1) is 25.8 Å². The van der Waals surface area contributed by atoms with Crippen LogP contribution in [0.5, 0.6) is 11.5 Å². The van der Waals surface area contributed by atoms with Crippen molar-refractivity contribution < 1.29 is 19.1 Å². The minimum atomic E-state index is -0.722. The van der Waals surface area contributed by atoms with E-state index in [0.717, 1.165) is 6.42 Å². The third-order valence-corrected chi connectivity index (χ3v) is 6.19. The summed E-state index contributed by atoms with van der Waals surface area (Å²) in [6.45, 7) is 6.45. The Balaban J connectivity index is 1.98. The van der Waals surface area contributed by atoms with E-state index in [1.807, 2.05) is 20.8 Å². The standard InChI is InChI=1S/C25H35N5O6/c1-6-7-10-28(21-22(26)30(13-15(2)3)25(34)27-23(21)32)24(33)16-11-20(31)29(14-16)18-9-8-17(35-4)12-19(18)36-5/h8-9,12,15-16H,6-7,10-11,13-14,26H2,1-5H3,(H,27,32,34)/t16-/m1/s1. The molecule has 1 aliphatic heterocycles. The smallest absolute Gasteiger partial charge is 0.330 e. The predicted octanol–water partition coefficient (Wildman–Crippen LogP) is 1.98. The van der Waals surface area contributed by atoms with E-state index in [4.69, 9.17) is 15.2 Å². The van der Waals surface area contributed by atoms with Gasteiger partial charge < -0.3 is 25.0 Å². The number of aromatic amines is 1. The van der Waals surface area contributed by atoms with Crippen molar-refractivity contribution in [2.45, 2.75) is 46.6 Å². The number of hydrogen-bond donors (Lipinski definition) is 2. The Morgan fingerprint density at radius 3 is 2.56 bits per heavy atom. The van der Waals surface area contributed by atoms with Crippen LogP contribution in [0.15, 0.2) is 27.8 Å². The zero-order valence-electron chi connectivity index (χ0n) is 21.5. The average molecular weight is 502 g/mol. The van der Waals surface area contributed by atoms with Gasteiger partial charge in [0.25, 0.3) is 5.56 Å². The molecule has 3 rings (SSSR count). The third-order valence-electron chi connectivity index (χ3n) is 6.19. The van der Waals surface area contributed by atoms with E-state index in [2.05, 4.69) is 4.98 Å². The number of carbonyl (C=O) groups excluding carboxylic acids is 2. The zero-order valence-corrected chi connectivity index (χ0v) is 21.5. The van der Waals surface area contributed by atoms with Crippen LogP contribution in [0.4, 0.5) is 17.2 Å². The number of aromatic nitrogens is 2. The molecule has 2 aromatic rings. The van der Waals surface area contributed by atoms with Gasteiger partial charge in [-0.25, -0.2) is 4.79 Å². The van der Waals surface area contributed by atoms with Crippen LogP contribution in [-0.4, -0.2) is 48.7 Å². The minimum Gasteiger partial charge on any atom is -0.497 e. The quantitative estimate of drug-likeness (QED) is 0.507. The van der Waals surface area contributed by atoms with Crippen LogP contribution in [0.1, 0.15) is 40.0 Å². The number of rotatable bonds is 10. The largest absolute Gasteiger partial charge is 0.497 e. The van der Waals surface area contributed by atoms with Crippen LogP contribution < -0.4 is 36.3 Å². The number of nitrogens with two attached hydrogens (primary N) is 1. The summed E-state index contributed by atoms with van der Waals surface area (Å²) in [6, 6.07) is 5.09. The fourth-order valence-electron chi connectivity index (χ4n) is 4.37. The van der Waals surface area contributed by atoms with Crippen LogP contribution in [0.25, 0.3) is 0 Å². The number of H-pyrrole nitrogens is 1. The first-order valence-corrected chi connectivity index (χ1v) is 12.1. The molecule has 1 aliphatic rings. The Labute approximate surface area is 209 Å². The molecule has 0 unspecified atom stereocenters. The van der Waals surface area contributed by atoms with Crippen molar-refractivity contribution in [3.63, 3.8) is 0 Å². The van der Waals surface area contributed by atoms with Gasteiger partial charge in [0.2, 0.25) is 11.8 Å². The number of nitrogens with zero attached hydrogens (tertiary/aromatic N) is 3. The lowest BCUT2D eigenvalue weighted by Crippen LogP contribution is -2.44. The summed E-state index contributed by atoms with van der Waals surface area (Å²) in [5.41, 5.74) is 5.43.